The number of non-ortho nitro benzene ring substituents is 1. The molecule has 1 aromatic carbocycles. The molecule has 2 rings (SSSR count). The third kappa shape index (κ3) is 5.04. The van der Waals surface area contributed by atoms with Gasteiger partial charge in [0.25, 0.3) is 11.6 Å². The maximum atomic E-state index is 11.9. The number of nitro groups is 1. The van der Waals surface area contributed by atoms with Crippen molar-refractivity contribution >= 4 is 22.9 Å². The van der Waals surface area contributed by atoms with Gasteiger partial charge in [-0.15, -0.1) is 11.3 Å². The van der Waals surface area contributed by atoms with Gasteiger partial charge in [0.2, 0.25) is 0 Å². The van der Waals surface area contributed by atoms with E-state index < -0.39 is 4.92 Å². The standard InChI is InChI=1S/C16H19N3O4S/c1-18(2)14(15-7-4-8-24-15)10-17-16(20)11-23-13-6-3-5-12(9-13)19(21)22/h3-9,14H,10-11H2,1-2H3,(H,17,20). The molecule has 24 heavy (non-hydrogen) atoms. The molecule has 2 aromatic rings. The minimum atomic E-state index is -0.504. The number of rotatable bonds is 8. The highest BCUT2D eigenvalue weighted by Gasteiger charge is 2.16. The summed E-state index contributed by atoms with van der Waals surface area (Å²) in [5.41, 5.74) is -0.0710. The third-order valence-electron chi connectivity index (χ3n) is 3.39. The lowest BCUT2D eigenvalue weighted by Gasteiger charge is -2.23. The highest BCUT2D eigenvalue weighted by atomic mass is 32.1. The second-order valence-electron chi connectivity index (χ2n) is 5.34. The fraction of sp³-hybridized carbons (Fsp3) is 0.312. The van der Waals surface area contributed by atoms with Crippen molar-refractivity contribution in [2.75, 3.05) is 27.2 Å². The summed E-state index contributed by atoms with van der Waals surface area (Å²) in [4.78, 5) is 25.4. The molecule has 1 heterocycles. The Bertz CT molecular complexity index is 688. The molecule has 0 fully saturated rings. The van der Waals surface area contributed by atoms with Crippen molar-refractivity contribution in [3.63, 3.8) is 0 Å². The molecule has 0 radical (unpaired) electrons. The molecule has 7 nitrogen and oxygen atoms in total. The van der Waals surface area contributed by atoms with E-state index in [2.05, 4.69) is 5.32 Å². The van der Waals surface area contributed by atoms with E-state index in [1.165, 1.54) is 23.1 Å². The molecule has 0 spiro atoms. The van der Waals surface area contributed by atoms with Crippen molar-refractivity contribution in [2.45, 2.75) is 6.04 Å². The zero-order valence-electron chi connectivity index (χ0n) is 13.5. The monoisotopic (exact) mass is 349 g/mol. The topological polar surface area (TPSA) is 84.7 Å². The number of carbonyl (C=O) groups is 1. The minimum Gasteiger partial charge on any atom is -0.484 e. The van der Waals surface area contributed by atoms with Gasteiger partial charge in [0, 0.05) is 17.5 Å². The fourth-order valence-electron chi connectivity index (χ4n) is 2.12. The lowest BCUT2D eigenvalue weighted by atomic mass is 10.2. The minimum absolute atomic E-state index is 0.0710. The lowest BCUT2D eigenvalue weighted by molar-refractivity contribution is -0.384. The molecule has 0 saturated carbocycles. The van der Waals surface area contributed by atoms with E-state index in [0.29, 0.717) is 12.3 Å². The van der Waals surface area contributed by atoms with E-state index in [1.54, 1.807) is 17.4 Å². The van der Waals surface area contributed by atoms with Crippen molar-refractivity contribution in [1.29, 1.82) is 0 Å². The van der Waals surface area contributed by atoms with E-state index in [-0.39, 0.29) is 24.2 Å². The Morgan fingerprint density at radius 2 is 2.17 bits per heavy atom. The van der Waals surface area contributed by atoms with Crippen molar-refractivity contribution in [3.05, 3.63) is 56.8 Å². The molecule has 128 valence electrons. The predicted molar refractivity (Wildman–Crippen MR) is 92.3 cm³/mol. The number of likely N-dealkylation sites (N-methyl/N-ethyl adjacent to an activating group) is 1. The average Bonchev–Trinajstić information content (AvgIpc) is 3.07. The molecule has 1 aromatic heterocycles. The summed E-state index contributed by atoms with van der Waals surface area (Å²) in [6, 6.07) is 9.85. The molecule has 0 aliphatic rings. The summed E-state index contributed by atoms with van der Waals surface area (Å²) in [5.74, 6) is 0.0201. The highest BCUT2D eigenvalue weighted by Crippen LogP contribution is 2.22. The van der Waals surface area contributed by atoms with Crippen LogP contribution >= 0.6 is 11.3 Å². The zero-order valence-corrected chi connectivity index (χ0v) is 14.3. The van der Waals surface area contributed by atoms with E-state index in [0.717, 1.165) is 0 Å². The number of nitrogens with zero attached hydrogens (tertiary/aromatic N) is 2. The maximum absolute atomic E-state index is 11.9. The quantitative estimate of drug-likeness (QED) is 0.584. The number of nitrogens with one attached hydrogen (secondary N) is 1. The van der Waals surface area contributed by atoms with Crippen LogP contribution in [0.4, 0.5) is 5.69 Å². The molecule has 0 aliphatic heterocycles. The zero-order chi connectivity index (χ0) is 17.5. The lowest BCUT2D eigenvalue weighted by Crippen LogP contribution is -2.36. The molecular weight excluding hydrogens is 330 g/mol. The Labute approximate surface area is 144 Å². The Hall–Kier alpha value is -2.45. The first kappa shape index (κ1) is 17.9. The van der Waals surface area contributed by atoms with Crippen LogP contribution in [0.15, 0.2) is 41.8 Å². The van der Waals surface area contributed by atoms with Crippen LogP contribution < -0.4 is 10.1 Å². The summed E-state index contributed by atoms with van der Waals surface area (Å²) in [6.45, 7) is 0.274. The first-order valence-corrected chi connectivity index (χ1v) is 8.19. The number of benzene rings is 1. The number of thiophene rings is 1. The second kappa shape index (κ2) is 8.42. The van der Waals surface area contributed by atoms with Gasteiger partial charge in [-0.3, -0.25) is 14.9 Å². The van der Waals surface area contributed by atoms with Crippen LogP contribution in [0.3, 0.4) is 0 Å². The van der Waals surface area contributed by atoms with Crippen LogP contribution in [-0.2, 0) is 4.79 Å². The maximum Gasteiger partial charge on any atom is 0.273 e. The normalized spacial score (nSPS) is 12.0. The number of amides is 1. The first-order valence-electron chi connectivity index (χ1n) is 7.31. The summed E-state index contributed by atoms with van der Waals surface area (Å²) < 4.78 is 5.31. The molecule has 8 heteroatoms. The van der Waals surface area contributed by atoms with Gasteiger partial charge in [-0.1, -0.05) is 12.1 Å². The van der Waals surface area contributed by atoms with E-state index >= 15 is 0 Å². The summed E-state index contributed by atoms with van der Waals surface area (Å²) >= 11 is 1.64. The molecule has 1 unspecified atom stereocenters. The molecule has 0 bridgehead atoms. The highest BCUT2D eigenvalue weighted by molar-refractivity contribution is 7.10. The van der Waals surface area contributed by atoms with Gasteiger partial charge in [0.05, 0.1) is 17.0 Å². The molecule has 1 amide bonds. The number of ether oxygens (including phenoxy) is 1. The van der Waals surface area contributed by atoms with Crippen LogP contribution in [0.25, 0.3) is 0 Å². The van der Waals surface area contributed by atoms with Crippen LogP contribution in [0.2, 0.25) is 0 Å². The van der Waals surface area contributed by atoms with Crippen LogP contribution in [0.5, 0.6) is 5.75 Å². The van der Waals surface area contributed by atoms with Gasteiger partial charge >= 0.3 is 0 Å². The van der Waals surface area contributed by atoms with Crippen molar-refractivity contribution in [1.82, 2.24) is 10.2 Å². The SMILES string of the molecule is CN(C)C(CNC(=O)COc1cccc([N+](=O)[O-])c1)c1cccs1. The van der Waals surface area contributed by atoms with Crippen molar-refractivity contribution in [2.24, 2.45) is 0 Å². The smallest absolute Gasteiger partial charge is 0.273 e. The fourth-order valence-corrected chi connectivity index (χ4v) is 3.04. The Morgan fingerprint density at radius 1 is 1.38 bits per heavy atom. The molecule has 0 aliphatic carbocycles. The summed E-state index contributed by atoms with van der Waals surface area (Å²) in [5, 5.41) is 15.5. The number of carbonyl (C=O) groups excluding carboxylic acids is 1. The van der Waals surface area contributed by atoms with Crippen LogP contribution in [0.1, 0.15) is 10.9 Å². The molecule has 1 atom stereocenters. The number of hydrogen-bond acceptors (Lipinski definition) is 6. The van der Waals surface area contributed by atoms with E-state index in [9.17, 15) is 14.9 Å². The Kier molecular flexibility index (Phi) is 6.28. The largest absolute Gasteiger partial charge is 0.484 e. The molecule has 1 N–H and O–H groups in total. The van der Waals surface area contributed by atoms with Gasteiger partial charge in [0.1, 0.15) is 5.75 Å². The third-order valence-corrected chi connectivity index (χ3v) is 4.36. The molecule has 0 saturated heterocycles. The Morgan fingerprint density at radius 3 is 2.79 bits per heavy atom. The van der Waals surface area contributed by atoms with Crippen LogP contribution in [-0.4, -0.2) is 43.0 Å². The molecular formula is C16H19N3O4S. The first-order chi connectivity index (χ1) is 11.5. The van der Waals surface area contributed by atoms with E-state index in [1.807, 2.05) is 36.5 Å². The van der Waals surface area contributed by atoms with Gasteiger partial charge in [0.15, 0.2) is 6.61 Å². The van der Waals surface area contributed by atoms with Gasteiger partial charge in [-0.2, -0.15) is 0 Å². The van der Waals surface area contributed by atoms with Gasteiger partial charge in [-0.05, 0) is 31.6 Å². The number of nitro benzene ring substituents is 1. The summed E-state index contributed by atoms with van der Waals surface area (Å²) in [7, 11) is 3.91. The Balaban J connectivity index is 1.85. The van der Waals surface area contributed by atoms with E-state index in [4.69, 9.17) is 4.74 Å². The van der Waals surface area contributed by atoms with Crippen LogP contribution in [0, 0.1) is 10.1 Å². The number of hydrogen-bond donors (Lipinski definition) is 1. The van der Waals surface area contributed by atoms with Gasteiger partial charge < -0.3 is 15.0 Å². The van der Waals surface area contributed by atoms with Gasteiger partial charge in [-0.25, -0.2) is 0 Å². The average molecular weight is 349 g/mol. The predicted octanol–water partition coefficient (Wildman–Crippen LogP) is 2.45. The van der Waals surface area contributed by atoms with Crippen molar-refractivity contribution < 1.29 is 14.5 Å². The summed E-state index contributed by atoms with van der Waals surface area (Å²) in [6.07, 6.45) is 0. The second-order valence-corrected chi connectivity index (χ2v) is 6.32. The van der Waals surface area contributed by atoms with Crippen molar-refractivity contribution in [3.8, 4) is 5.75 Å².